The Labute approximate surface area is 124 Å². The zero-order valence-corrected chi connectivity index (χ0v) is 12.2. The van der Waals surface area contributed by atoms with Crippen molar-refractivity contribution >= 4 is 18.0 Å². The first kappa shape index (κ1) is 17.1. The molecule has 0 amide bonds. The van der Waals surface area contributed by atoms with Gasteiger partial charge in [-0.3, -0.25) is 4.98 Å². The summed E-state index contributed by atoms with van der Waals surface area (Å²) in [4.78, 5) is 4.39. The predicted molar refractivity (Wildman–Crippen MR) is 79.7 cm³/mol. The van der Waals surface area contributed by atoms with E-state index in [4.69, 9.17) is 5.11 Å². The Kier molecular flexibility index (Phi) is 6.58. The molecule has 1 aliphatic rings. The van der Waals surface area contributed by atoms with E-state index >= 15 is 0 Å². The Morgan fingerprint density at radius 1 is 1.40 bits per heavy atom. The molecule has 0 aromatic carbocycles. The maximum Gasteiger partial charge on any atom is 0.109 e. The SMILES string of the molecule is Cc1cc([C@H](O)[C@@H](O)CO)cnc1C1=CCNCC1.Cl. The molecule has 112 valence electrons. The largest absolute Gasteiger partial charge is 0.394 e. The average Bonchev–Trinajstić information content (AvgIpc) is 2.46. The van der Waals surface area contributed by atoms with Crippen molar-refractivity contribution in [2.24, 2.45) is 0 Å². The maximum atomic E-state index is 9.84. The van der Waals surface area contributed by atoms with Crippen LogP contribution in [0.25, 0.3) is 5.57 Å². The normalized spacial score (nSPS) is 17.9. The molecular weight excluding hydrogens is 280 g/mol. The van der Waals surface area contributed by atoms with Gasteiger partial charge in [-0.1, -0.05) is 6.08 Å². The Morgan fingerprint density at radius 3 is 2.70 bits per heavy atom. The topological polar surface area (TPSA) is 85.6 Å². The van der Waals surface area contributed by atoms with Crippen molar-refractivity contribution in [3.05, 3.63) is 35.2 Å². The van der Waals surface area contributed by atoms with Crippen molar-refractivity contribution in [2.75, 3.05) is 19.7 Å². The van der Waals surface area contributed by atoms with Crippen molar-refractivity contribution < 1.29 is 15.3 Å². The van der Waals surface area contributed by atoms with E-state index in [0.717, 1.165) is 30.8 Å². The van der Waals surface area contributed by atoms with Crippen LogP contribution in [0.3, 0.4) is 0 Å². The van der Waals surface area contributed by atoms with Crippen molar-refractivity contribution in [3.63, 3.8) is 0 Å². The highest BCUT2D eigenvalue weighted by molar-refractivity contribution is 5.85. The standard InChI is InChI=1S/C14H20N2O3.ClH/c1-9-6-11(14(19)12(18)8-17)7-16-13(9)10-2-4-15-5-3-10;/h2,6-7,12,14-15,17-19H,3-5,8H2,1H3;1H/t12-,14-;/m0./s1. The molecule has 5 nitrogen and oxygen atoms in total. The highest BCUT2D eigenvalue weighted by Crippen LogP contribution is 2.24. The Balaban J connectivity index is 0.00000200. The van der Waals surface area contributed by atoms with Crippen molar-refractivity contribution in [1.29, 1.82) is 0 Å². The minimum atomic E-state index is -1.18. The first-order valence-electron chi connectivity index (χ1n) is 6.47. The molecule has 2 heterocycles. The lowest BCUT2D eigenvalue weighted by molar-refractivity contribution is -0.0154. The molecule has 1 aromatic rings. The molecule has 6 heteroatoms. The van der Waals surface area contributed by atoms with Gasteiger partial charge in [0, 0.05) is 18.3 Å². The second-order valence-corrected chi connectivity index (χ2v) is 4.81. The van der Waals surface area contributed by atoms with Crippen LogP contribution in [0.2, 0.25) is 0 Å². The van der Waals surface area contributed by atoms with Gasteiger partial charge in [-0.05, 0) is 37.1 Å². The number of hydrogen-bond acceptors (Lipinski definition) is 5. The van der Waals surface area contributed by atoms with Gasteiger partial charge in [-0.25, -0.2) is 0 Å². The summed E-state index contributed by atoms with van der Waals surface area (Å²) in [6, 6.07) is 1.81. The molecule has 4 N–H and O–H groups in total. The monoisotopic (exact) mass is 300 g/mol. The van der Waals surface area contributed by atoms with Crippen LogP contribution in [0.4, 0.5) is 0 Å². The summed E-state index contributed by atoms with van der Waals surface area (Å²) in [5.41, 5.74) is 3.64. The second kappa shape index (κ2) is 7.71. The van der Waals surface area contributed by atoms with Gasteiger partial charge in [-0.15, -0.1) is 12.4 Å². The van der Waals surface area contributed by atoms with Crippen LogP contribution in [0.1, 0.15) is 29.3 Å². The fourth-order valence-corrected chi connectivity index (χ4v) is 2.25. The number of nitrogens with zero attached hydrogens (tertiary/aromatic N) is 1. The molecule has 1 aromatic heterocycles. The van der Waals surface area contributed by atoms with Gasteiger partial charge < -0.3 is 20.6 Å². The molecule has 20 heavy (non-hydrogen) atoms. The summed E-state index contributed by atoms with van der Waals surface area (Å²) >= 11 is 0. The molecule has 2 rings (SSSR count). The molecule has 0 aliphatic carbocycles. The summed E-state index contributed by atoms with van der Waals surface area (Å²) < 4.78 is 0. The van der Waals surface area contributed by atoms with E-state index in [2.05, 4.69) is 16.4 Å². The highest BCUT2D eigenvalue weighted by atomic mass is 35.5. The number of nitrogens with one attached hydrogen (secondary N) is 1. The molecule has 2 atom stereocenters. The minimum Gasteiger partial charge on any atom is -0.394 e. The third-order valence-corrected chi connectivity index (χ3v) is 3.36. The third-order valence-electron chi connectivity index (χ3n) is 3.36. The number of hydrogen-bond donors (Lipinski definition) is 4. The van der Waals surface area contributed by atoms with Gasteiger partial charge >= 0.3 is 0 Å². The van der Waals surface area contributed by atoms with E-state index in [-0.39, 0.29) is 12.4 Å². The van der Waals surface area contributed by atoms with Crippen LogP contribution in [0.5, 0.6) is 0 Å². The van der Waals surface area contributed by atoms with Crippen LogP contribution in [-0.2, 0) is 0 Å². The summed E-state index contributed by atoms with van der Waals surface area (Å²) in [5.74, 6) is 0. The van der Waals surface area contributed by atoms with Crippen LogP contribution in [-0.4, -0.2) is 46.1 Å². The van der Waals surface area contributed by atoms with Gasteiger partial charge in [0.1, 0.15) is 12.2 Å². The van der Waals surface area contributed by atoms with Gasteiger partial charge in [0.25, 0.3) is 0 Å². The van der Waals surface area contributed by atoms with Gasteiger partial charge in [0.05, 0.1) is 12.3 Å². The molecule has 0 spiro atoms. The van der Waals surface area contributed by atoms with E-state index in [1.165, 1.54) is 5.57 Å². The Bertz CT molecular complexity index is 479. The summed E-state index contributed by atoms with van der Waals surface area (Å²) in [5, 5.41) is 31.4. The summed E-state index contributed by atoms with van der Waals surface area (Å²) in [6.45, 7) is 3.26. The smallest absolute Gasteiger partial charge is 0.109 e. The maximum absolute atomic E-state index is 9.84. The quantitative estimate of drug-likeness (QED) is 0.653. The number of pyridine rings is 1. The zero-order chi connectivity index (χ0) is 13.8. The fraction of sp³-hybridized carbons (Fsp3) is 0.500. The van der Waals surface area contributed by atoms with Crippen molar-refractivity contribution in [3.8, 4) is 0 Å². The molecule has 1 aliphatic heterocycles. The van der Waals surface area contributed by atoms with E-state index in [1.54, 1.807) is 6.20 Å². The Morgan fingerprint density at radius 2 is 2.15 bits per heavy atom. The minimum absolute atomic E-state index is 0. The molecule has 0 fully saturated rings. The molecule has 0 unspecified atom stereocenters. The number of rotatable bonds is 4. The molecule has 0 bridgehead atoms. The van der Waals surface area contributed by atoms with Crippen LogP contribution >= 0.6 is 12.4 Å². The first-order chi connectivity index (χ1) is 9.13. The van der Waals surface area contributed by atoms with Gasteiger partial charge in [0.15, 0.2) is 0 Å². The lowest BCUT2D eigenvalue weighted by Crippen LogP contribution is -2.23. The molecule has 0 radical (unpaired) electrons. The van der Waals surface area contributed by atoms with Crippen LogP contribution < -0.4 is 5.32 Å². The van der Waals surface area contributed by atoms with E-state index in [1.807, 2.05) is 13.0 Å². The average molecular weight is 301 g/mol. The number of aryl methyl sites for hydroxylation is 1. The summed E-state index contributed by atoms with van der Waals surface area (Å²) in [6.07, 6.45) is 2.35. The first-order valence-corrected chi connectivity index (χ1v) is 6.47. The lowest BCUT2D eigenvalue weighted by atomic mass is 9.98. The molecule has 0 saturated heterocycles. The highest BCUT2D eigenvalue weighted by Gasteiger charge is 2.19. The molecular formula is C14H21ClN2O3. The number of halogens is 1. The number of aliphatic hydroxyl groups is 3. The molecule has 0 saturated carbocycles. The second-order valence-electron chi connectivity index (χ2n) is 4.81. The third kappa shape index (κ3) is 3.77. The van der Waals surface area contributed by atoms with Gasteiger partial charge in [0.2, 0.25) is 0 Å². The van der Waals surface area contributed by atoms with Crippen molar-refractivity contribution in [2.45, 2.75) is 25.6 Å². The van der Waals surface area contributed by atoms with Crippen molar-refractivity contribution in [1.82, 2.24) is 10.3 Å². The number of aromatic nitrogens is 1. The van der Waals surface area contributed by atoms with E-state index < -0.39 is 18.8 Å². The zero-order valence-electron chi connectivity index (χ0n) is 11.4. The van der Waals surface area contributed by atoms with Gasteiger partial charge in [-0.2, -0.15) is 0 Å². The van der Waals surface area contributed by atoms with E-state index in [9.17, 15) is 10.2 Å². The lowest BCUT2D eigenvalue weighted by Gasteiger charge is -2.19. The predicted octanol–water partition coefficient (Wildman–Crippen LogP) is 0.575. The fourth-order valence-electron chi connectivity index (χ4n) is 2.25. The van der Waals surface area contributed by atoms with Crippen LogP contribution in [0, 0.1) is 6.92 Å². The number of aliphatic hydroxyl groups excluding tert-OH is 3. The van der Waals surface area contributed by atoms with E-state index in [0.29, 0.717) is 5.56 Å². The summed E-state index contributed by atoms with van der Waals surface area (Å²) in [7, 11) is 0. The Hall–Kier alpha value is -0.980. The van der Waals surface area contributed by atoms with Crippen LogP contribution in [0.15, 0.2) is 18.3 Å².